The number of hydrogen-bond donors (Lipinski definition) is 0. The highest BCUT2D eigenvalue weighted by molar-refractivity contribution is 5.82. The number of ketones is 1. The molecule has 1 atom stereocenters. The lowest BCUT2D eigenvalue weighted by atomic mass is 9.93. The van der Waals surface area contributed by atoms with Gasteiger partial charge in [-0.05, 0) is 18.1 Å². The van der Waals surface area contributed by atoms with Gasteiger partial charge in [0.25, 0.3) is 0 Å². The molecule has 1 heterocycles. The molecule has 1 unspecified atom stereocenters. The first-order valence-corrected chi connectivity index (χ1v) is 5.21. The number of ether oxygens (including phenoxy) is 1. The topological polar surface area (TPSA) is 26.3 Å². The molecule has 1 aliphatic heterocycles. The summed E-state index contributed by atoms with van der Waals surface area (Å²) in [6, 6.07) is 3.42. The van der Waals surface area contributed by atoms with Gasteiger partial charge in [0.15, 0.2) is 0 Å². The van der Waals surface area contributed by atoms with Gasteiger partial charge in [-0.1, -0.05) is 6.07 Å². The fraction of sp³-hybridized carbons (Fsp3) is 0.417. The molecule has 0 N–H and O–H groups in total. The number of hydrogen-bond acceptors (Lipinski definition) is 2. The van der Waals surface area contributed by atoms with Gasteiger partial charge in [0.05, 0.1) is 13.2 Å². The maximum absolute atomic E-state index is 13.3. The maximum Gasteiger partial charge on any atom is 0.140 e. The third-order valence-corrected chi connectivity index (χ3v) is 2.75. The predicted octanol–water partition coefficient (Wildman–Crippen LogP) is 2.11. The minimum Gasteiger partial charge on any atom is -0.380 e. The van der Waals surface area contributed by atoms with E-state index in [-0.39, 0.29) is 18.1 Å². The number of benzene rings is 1. The number of carbonyl (C=O) groups is 1. The van der Waals surface area contributed by atoms with Crippen LogP contribution in [0.5, 0.6) is 0 Å². The lowest BCUT2D eigenvalue weighted by Crippen LogP contribution is -2.29. The van der Waals surface area contributed by atoms with Crippen molar-refractivity contribution in [1.29, 1.82) is 0 Å². The Hall–Kier alpha value is -1.29. The van der Waals surface area contributed by atoms with Crippen LogP contribution in [0.4, 0.5) is 8.78 Å². The fourth-order valence-corrected chi connectivity index (χ4v) is 1.82. The van der Waals surface area contributed by atoms with Crippen molar-refractivity contribution in [2.75, 3.05) is 13.2 Å². The second-order valence-corrected chi connectivity index (χ2v) is 3.93. The molecule has 0 saturated carbocycles. The Morgan fingerprint density at radius 2 is 2.19 bits per heavy atom. The summed E-state index contributed by atoms with van der Waals surface area (Å²) in [6.45, 7) is 0.775. The zero-order chi connectivity index (χ0) is 11.5. The Labute approximate surface area is 92.2 Å². The molecule has 4 heteroatoms. The van der Waals surface area contributed by atoms with Crippen LogP contribution in [-0.4, -0.2) is 19.0 Å². The van der Waals surface area contributed by atoms with Gasteiger partial charge in [0, 0.05) is 18.4 Å². The van der Waals surface area contributed by atoms with Crippen molar-refractivity contribution < 1.29 is 18.3 Å². The molecule has 1 aromatic rings. The van der Waals surface area contributed by atoms with Crippen LogP contribution in [0.25, 0.3) is 0 Å². The van der Waals surface area contributed by atoms with Gasteiger partial charge in [-0.15, -0.1) is 0 Å². The van der Waals surface area contributed by atoms with Gasteiger partial charge >= 0.3 is 0 Å². The van der Waals surface area contributed by atoms with Crippen molar-refractivity contribution in [1.82, 2.24) is 0 Å². The van der Waals surface area contributed by atoms with E-state index in [2.05, 4.69) is 0 Å². The Morgan fingerprint density at radius 1 is 1.38 bits per heavy atom. The summed E-state index contributed by atoms with van der Waals surface area (Å²) < 4.78 is 31.2. The van der Waals surface area contributed by atoms with E-state index < -0.39 is 11.6 Å². The SMILES string of the molecule is O=C1CCOCC1Cc1ccc(F)cc1F. The molecule has 0 spiro atoms. The lowest BCUT2D eigenvalue weighted by molar-refractivity contribution is -0.130. The van der Waals surface area contributed by atoms with Gasteiger partial charge < -0.3 is 4.74 Å². The second kappa shape index (κ2) is 4.70. The summed E-state index contributed by atoms with van der Waals surface area (Å²) in [5, 5.41) is 0. The second-order valence-electron chi connectivity index (χ2n) is 3.93. The first-order valence-electron chi connectivity index (χ1n) is 5.21. The molecular formula is C12H12F2O2. The number of rotatable bonds is 2. The largest absolute Gasteiger partial charge is 0.380 e. The molecule has 2 rings (SSSR count). The lowest BCUT2D eigenvalue weighted by Gasteiger charge is -2.21. The molecular weight excluding hydrogens is 214 g/mol. The average Bonchev–Trinajstić information content (AvgIpc) is 2.25. The Morgan fingerprint density at radius 3 is 2.88 bits per heavy atom. The molecule has 0 bridgehead atoms. The summed E-state index contributed by atoms with van der Waals surface area (Å²) in [4.78, 5) is 11.5. The molecule has 0 aliphatic carbocycles. The van der Waals surface area contributed by atoms with Crippen LogP contribution >= 0.6 is 0 Å². The Balaban J connectivity index is 2.10. The zero-order valence-corrected chi connectivity index (χ0v) is 8.71. The third-order valence-electron chi connectivity index (χ3n) is 2.75. The van der Waals surface area contributed by atoms with Crippen LogP contribution in [0.15, 0.2) is 18.2 Å². The van der Waals surface area contributed by atoms with E-state index in [0.29, 0.717) is 25.2 Å². The highest BCUT2D eigenvalue weighted by atomic mass is 19.1. The van der Waals surface area contributed by atoms with Crippen LogP contribution in [-0.2, 0) is 16.0 Å². The molecule has 0 amide bonds. The average molecular weight is 226 g/mol. The van der Waals surface area contributed by atoms with E-state index in [0.717, 1.165) is 6.07 Å². The molecule has 1 aliphatic rings. The molecule has 86 valence electrons. The smallest absolute Gasteiger partial charge is 0.140 e. The fourth-order valence-electron chi connectivity index (χ4n) is 1.82. The normalized spacial score (nSPS) is 21.1. The molecule has 1 aromatic carbocycles. The van der Waals surface area contributed by atoms with Crippen LogP contribution in [0.1, 0.15) is 12.0 Å². The first kappa shape index (κ1) is 11.2. The minimum atomic E-state index is -0.604. The van der Waals surface area contributed by atoms with Gasteiger partial charge in [-0.2, -0.15) is 0 Å². The zero-order valence-electron chi connectivity index (χ0n) is 8.71. The highest BCUT2D eigenvalue weighted by Crippen LogP contribution is 2.18. The summed E-state index contributed by atoms with van der Waals surface area (Å²) in [7, 11) is 0. The predicted molar refractivity (Wildman–Crippen MR) is 54.0 cm³/mol. The standard InChI is InChI=1S/C12H12F2O2/c13-10-2-1-8(11(14)6-10)5-9-7-16-4-3-12(9)15/h1-2,6,9H,3-5,7H2. The minimum absolute atomic E-state index is 0.0926. The maximum atomic E-state index is 13.3. The van der Waals surface area contributed by atoms with Crippen molar-refractivity contribution in [3.63, 3.8) is 0 Å². The quantitative estimate of drug-likeness (QED) is 0.772. The molecule has 1 fully saturated rings. The summed E-state index contributed by atoms with van der Waals surface area (Å²) in [5.41, 5.74) is 0.366. The van der Waals surface area contributed by atoms with Gasteiger partial charge in [0.2, 0.25) is 0 Å². The van der Waals surface area contributed by atoms with Crippen molar-refractivity contribution in [2.45, 2.75) is 12.8 Å². The van der Waals surface area contributed by atoms with Gasteiger partial charge in [-0.25, -0.2) is 8.78 Å². The van der Waals surface area contributed by atoms with Crippen LogP contribution in [0.2, 0.25) is 0 Å². The van der Waals surface area contributed by atoms with Crippen LogP contribution in [0.3, 0.4) is 0 Å². The summed E-state index contributed by atoms with van der Waals surface area (Å²) in [6.07, 6.45) is 0.665. The van der Waals surface area contributed by atoms with Gasteiger partial charge in [-0.3, -0.25) is 4.79 Å². The Kier molecular flexibility index (Phi) is 3.29. The molecule has 0 radical (unpaired) electrons. The summed E-state index contributed by atoms with van der Waals surface area (Å²) in [5.74, 6) is -1.41. The van der Waals surface area contributed by atoms with Gasteiger partial charge in [0.1, 0.15) is 17.4 Å². The van der Waals surface area contributed by atoms with E-state index in [9.17, 15) is 13.6 Å². The van der Waals surface area contributed by atoms with E-state index in [1.165, 1.54) is 12.1 Å². The monoisotopic (exact) mass is 226 g/mol. The Bertz CT molecular complexity index is 404. The van der Waals surface area contributed by atoms with Crippen molar-refractivity contribution >= 4 is 5.78 Å². The number of halogens is 2. The molecule has 1 saturated heterocycles. The number of Topliss-reactive ketones (excluding diaryl/α,β-unsaturated/α-hetero) is 1. The highest BCUT2D eigenvalue weighted by Gasteiger charge is 2.24. The molecule has 2 nitrogen and oxygen atoms in total. The molecule has 16 heavy (non-hydrogen) atoms. The number of carbonyl (C=O) groups excluding carboxylic acids is 1. The van der Waals surface area contributed by atoms with Crippen molar-refractivity contribution in [3.05, 3.63) is 35.4 Å². The summed E-state index contributed by atoms with van der Waals surface area (Å²) >= 11 is 0. The van der Waals surface area contributed by atoms with E-state index in [1.54, 1.807) is 0 Å². The van der Waals surface area contributed by atoms with E-state index in [4.69, 9.17) is 4.74 Å². The molecule has 0 aromatic heterocycles. The third kappa shape index (κ3) is 2.44. The first-order chi connectivity index (χ1) is 7.66. The van der Waals surface area contributed by atoms with Crippen molar-refractivity contribution in [2.24, 2.45) is 5.92 Å². The van der Waals surface area contributed by atoms with E-state index >= 15 is 0 Å². The van der Waals surface area contributed by atoms with E-state index in [1.807, 2.05) is 0 Å². The van der Waals surface area contributed by atoms with Crippen molar-refractivity contribution in [3.8, 4) is 0 Å². The van der Waals surface area contributed by atoms with Crippen LogP contribution in [0, 0.1) is 17.6 Å². The van der Waals surface area contributed by atoms with Crippen LogP contribution < -0.4 is 0 Å².